The molecule has 30 heteroatoms. The normalized spacial score (nSPS) is 27.2. The minimum atomic E-state index is -5.42. The van der Waals surface area contributed by atoms with Gasteiger partial charge in [-0.05, 0) is 119 Å². The van der Waals surface area contributed by atoms with Crippen molar-refractivity contribution < 1.29 is 84.6 Å². The molecule has 3 aliphatic heterocycles. The Morgan fingerprint density at radius 2 is 1.29 bits per heavy atom. The van der Waals surface area contributed by atoms with Crippen LogP contribution < -0.4 is 16.0 Å². The molecule has 0 aromatic heterocycles. The number of aliphatic hydroxyl groups is 1. The van der Waals surface area contributed by atoms with Gasteiger partial charge in [0.15, 0.2) is 0 Å². The van der Waals surface area contributed by atoms with Crippen molar-refractivity contribution in [1.82, 2.24) is 60.0 Å². The fourth-order valence-corrected chi connectivity index (χ4v) is 15.7. The Labute approximate surface area is 611 Å². The Kier molecular flexibility index (Phi) is 27.5. The summed E-state index contributed by atoms with van der Waals surface area (Å²) in [4.78, 5) is 191. The number of nitrogens with one attached hydrogen (secondary N) is 3. The van der Waals surface area contributed by atoms with Crippen LogP contribution in [0.2, 0.25) is 0 Å². The number of carbonyl (C=O) groups is 12. The van der Waals surface area contributed by atoms with Gasteiger partial charge >= 0.3 is 6.18 Å². The molecule has 25 nitrogen and oxygen atoms in total. The van der Waals surface area contributed by atoms with Gasteiger partial charge in [-0.2, -0.15) is 13.2 Å². The number of hydrogen-bond donors (Lipinski definition) is 4. The van der Waals surface area contributed by atoms with Crippen LogP contribution in [0.4, 0.5) is 22.0 Å². The summed E-state index contributed by atoms with van der Waals surface area (Å²) in [5, 5.41) is 20.0. The van der Waals surface area contributed by atoms with Gasteiger partial charge in [-0.25, -0.2) is 8.78 Å². The first-order valence-corrected chi connectivity index (χ1v) is 36.7. The van der Waals surface area contributed by atoms with Gasteiger partial charge in [0.25, 0.3) is 0 Å². The lowest BCUT2D eigenvalue weighted by molar-refractivity contribution is -0.158. The van der Waals surface area contributed by atoms with E-state index >= 15 is 47.1 Å². The second-order valence-corrected chi connectivity index (χ2v) is 30.1. The van der Waals surface area contributed by atoms with E-state index in [1.54, 1.807) is 43.3 Å². The van der Waals surface area contributed by atoms with Gasteiger partial charge in [-0.15, -0.1) is 0 Å². The monoisotopic (exact) mass is 1480 g/mol. The number of amides is 12. The minimum absolute atomic E-state index is 0.00971. The molecule has 1 spiro atoms. The number of carbonyl (C=O) groups excluding carboxylic acids is 12. The Morgan fingerprint density at radius 1 is 0.667 bits per heavy atom. The van der Waals surface area contributed by atoms with Crippen LogP contribution in [0.15, 0.2) is 48.6 Å². The van der Waals surface area contributed by atoms with Crippen LogP contribution in [0.25, 0.3) is 0 Å². The zero-order valence-electron chi connectivity index (χ0n) is 62.3. The lowest BCUT2D eigenvalue weighted by Gasteiger charge is -2.47. The van der Waals surface area contributed by atoms with Crippen LogP contribution in [0.1, 0.15) is 152 Å². The van der Waals surface area contributed by atoms with E-state index in [0.717, 1.165) is 50.8 Å². The van der Waals surface area contributed by atoms with Crippen molar-refractivity contribution >= 4 is 70.9 Å². The largest absolute Gasteiger partial charge is 0.422 e. The van der Waals surface area contributed by atoms with Crippen molar-refractivity contribution in [3.05, 3.63) is 82.4 Å². The summed E-state index contributed by atoms with van der Waals surface area (Å²) in [7, 11) is 11.1. The van der Waals surface area contributed by atoms with Crippen LogP contribution >= 0.6 is 0 Å². The van der Waals surface area contributed by atoms with Gasteiger partial charge in [-0.1, -0.05) is 101 Å². The second-order valence-electron chi connectivity index (χ2n) is 30.1. The van der Waals surface area contributed by atoms with Crippen LogP contribution in [-0.2, 0) is 76.6 Å². The summed E-state index contributed by atoms with van der Waals surface area (Å²) >= 11 is 0. The highest BCUT2D eigenvalue weighted by atomic mass is 19.4. The molecule has 3 heterocycles. The maximum atomic E-state index is 15.5. The van der Waals surface area contributed by atoms with Crippen molar-refractivity contribution in [3.63, 3.8) is 0 Å². The lowest BCUT2D eigenvalue weighted by Crippen LogP contribution is -2.69. The molecule has 0 unspecified atom stereocenters. The van der Waals surface area contributed by atoms with E-state index in [9.17, 15) is 37.5 Å². The molecule has 5 fully saturated rings. The number of rotatable bonds is 11. The molecular formula is C75H105F5N12O13. The maximum Gasteiger partial charge on any atom is 0.422 e. The summed E-state index contributed by atoms with van der Waals surface area (Å²) in [5.41, 5.74) is -2.80. The molecule has 8 rings (SSSR count). The summed E-state index contributed by atoms with van der Waals surface area (Å²) in [5.74, 6) is -14.3. The first kappa shape index (κ1) is 82.1. The van der Waals surface area contributed by atoms with Crippen molar-refractivity contribution in [2.24, 2.45) is 17.8 Å². The highest BCUT2D eigenvalue weighted by Gasteiger charge is 2.54. The van der Waals surface area contributed by atoms with Gasteiger partial charge in [0.05, 0.1) is 25.6 Å². The van der Waals surface area contributed by atoms with Gasteiger partial charge in [0, 0.05) is 75.9 Å². The van der Waals surface area contributed by atoms with Crippen molar-refractivity contribution in [1.29, 1.82) is 0 Å². The fraction of sp³-hybridized carbons (Fsp3) is 0.653. The topological polar surface area (TPSA) is 290 Å². The maximum absolute atomic E-state index is 15.5. The Morgan fingerprint density at radius 3 is 1.88 bits per heavy atom. The fourth-order valence-electron chi connectivity index (χ4n) is 15.7. The van der Waals surface area contributed by atoms with E-state index in [1.807, 2.05) is 13.8 Å². The quantitative estimate of drug-likeness (QED) is 0.178. The highest BCUT2D eigenvalue weighted by Crippen LogP contribution is 2.40. The van der Waals surface area contributed by atoms with Crippen LogP contribution in [0, 0.1) is 36.3 Å². The molecule has 6 aliphatic rings. The van der Waals surface area contributed by atoms with E-state index in [1.165, 1.54) is 80.9 Å². The minimum Gasteiger partial charge on any atom is -0.390 e. The van der Waals surface area contributed by atoms with Crippen LogP contribution in [0.5, 0.6) is 0 Å². The molecule has 12 amide bonds. The molecule has 2 saturated heterocycles. The van der Waals surface area contributed by atoms with Gasteiger partial charge in [-0.3, -0.25) is 57.5 Å². The predicted molar refractivity (Wildman–Crippen MR) is 376 cm³/mol. The number of halogens is 5. The molecule has 2 aromatic rings. The van der Waals surface area contributed by atoms with Crippen molar-refractivity contribution in [2.75, 3.05) is 82.6 Å². The highest BCUT2D eigenvalue weighted by molar-refractivity contribution is 6.01. The second kappa shape index (κ2) is 35.2. The number of aryl methyl sites for hydroxylation is 2. The van der Waals surface area contributed by atoms with Gasteiger partial charge < -0.3 is 65.2 Å². The first-order chi connectivity index (χ1) is 49.5. The molecule has 105 heavy (non-hydrogen) atoms. The number of hydrogen-bond acceptors (Lipinski definition) is 13. The lowest BCUT2D eigenvalue weighted by atomic mass is 9.74. The number of fused-ring (bicyclic) bond motifs is 3. The number of likely N-dealkylation sites (N-methyl/N-ethyl adjacent to an activating group) is 7. The van der Waals surface area contributed by atoms with Crippen LogP contribution in [0.3, 0.4) is 0 Å². The number of aliphatic hydroxyl groups excluding tert-OH is 1. The summed E-state index contributed by atoms with van der Waals surface area (Å²) in [6, 6.07) is -3.44. The van der Waals surface area contributed by atoms with E-state index in [4.69, 9.17) is 0 Å². The zero-order chi connectivity index (χ0) is 77.3. The molecular weight excluding hydrogens is 1370 g/mol. The standard InChI is InChI=1S/C75H105F5N12O13/c1-12-45(3)62-71(103)86(7)43-60(96)87(8)53-25-14-13-19-35-91(70(53)102)56(40-47-28-26-44(2)27-29-47)69(101)85(6)42-58(94)81-52(31-30-48-37-50(76)61(51(77)38-48)75(78,79)80)67(99)92-36-32-57(93)64(92)66(98)83-74(33-20-34-74)73(105)90(11)63(49-23-17-18-24-49)72(104)89(10)55(68(100)84(4)5)41-59(95)88(9)54(65(97)82-62)39-46-21-15-16-22-46/h13-14,26-29,37-38,45-46,49,52-57,62-64,93H,12,15-25,30-36,39-43H2,1-11H3,(H,81,94)(H,82,97)(H,83,98)/b14-13-/t45-,52-,53-,54-,55-,56-,57-,62-,63-,64-/m0/s1. The average molecular weight is 1480 g/mol. The Bertz CT molecular complexity index is 3560. The Hall–Kier alpha value is -8.57. The molecule has 0 radical (unpaired) electrons. The summed E-state index contributed by atoms with van der Waals surface area (Å²) in [6.07, 6.45) is 1.13. The molecule has 4 N–H and O–H groups in total. The van der Waals surface area contributed by atoms with Crippen molar-refractivity contribution in [3.8, 4) is 0 Å². The van der Waals surface area contributed by atoms with E-state index < -0.39 is 198 Å². The molecule has 10 atom stereocenters. The molecule has 2 aromatic carbocycles. The smallest absolute Gasteiger partial charge is 0.390 e. The SMILES string of the molecule is CC[C@H](C)[C@@H]1NC(=O)[C@H](CC2CCCC2)N(C)C(=O)C[C@@H](C(=O)N(C)C)N(C)C(=O)[C@H](C2CCCC2)N(C)C(=O)C2(CCC2)NC(=O)[C@@H]2[C@@H](O)CCN2C(=O)[C@H](CCc2cc(F)c(C(F)(F)F)c(F)c2)NC(=O)CN(C)C(=O)[C@H](Cc2ccc(C)cc2)N2CC/C=C\C[C@@H](C2=O)N(C)C(=O)CN(C)C1=O. The third kappa shape index (κ3) is 19.2. The molecule has 3 aliphatic carbocycles. The molecule has 2 bridgehead atoms. The van der Waals surface area contributed by atoms with Gasteiger partial charge in [0.2, 0.25) is 70.9 Å². The first-order valence-electron chi connectivity index (χ1n) is 36.7. The van der Waals surface area contributed by atoms with Crippen molar-refractivity contribution in [2.45, 2.75) is 215 Å². The zero-order valence-corrected chi connectivity index (χ0v) is 62.3. The summed E-state index contributed by atoms with van der Waals surface area (Å²) in [6.45, 7) is 3.60. The molecule has 578 valence electrons. The van der Waals surface area contributed by atoms with Crippen LogP contribution in [-0.4, -0.2) is 263 Å². The predicted octanol–water partition coefficient (Wildman–Crippen LogP) is 4.52. The molecule has 3 saturated carbocycles. The third-order valence-electron chi connectivity index (χ3n) is 22.6. The Balaban J connectivity index is 1.20. The third-order valence-corrected chi connectivity index (χ3v) is 22.6. The number of nitrogens with zero attached hydrogens (tertiary/aromatic N) is 9. The number of benzene rings is 2. The average Bonchev–Trinajstić information content (AvgIpc) is 1.58. The summed E-state index contributed by atoms with van der Waals surface area (Å²) < 4.78 is 71.7. The van der Waals surface area contributed by atoms with E-state index in [0.29, 0.717) is 56.2 Å². The van der Waals surface area contributed by atoms with E-state index in [-0.39, 0.29) is 69.5 Å². The number of alkyl halides is 3. The van der Waals surface area contributed by atoms with E-state index in [2.05, 4.69) is 16.0 Å². The van der Waals surface area contributed by atoms with Gasteiger partial charge in [0.1, 0.15) is 71.1 Å².